The quantitative estimate of drug-likeness (QED) is 0.194. The van der Waals surface area contributed by atoms with Crippen molar-refractivity contribution in [3.8, 4) is 6.07 Å². The summed E-state index contributed by atoms with van der Waals surface area (Å²) >= 11 is 0. The molecule has 0 aliphatic carbocycles. The van der Waals surface area contributed by atoms with Gasteiger partial charge in [0.25, 0.3) is 17.5 Å². The number of fused-ring (bicyclic) bond motifs is 1. The lowest BCUT2D eigenvalue weighted by Crippen LogP contribution is -2.36. The number of nitro groups is 2. The maximum Gasteiger partial charge on any atom is 0.304 e. The largest absolute Gasteiger partial charge is 0.319 e. The number of para-hydroxylation sites is 1. The average Bonchev–Trinajstić information content (AvgIpc) is 2.94. The molecule has 2 aromatic heterocycles. The Balaban J connectivity index is 1.79. The molecule has 4 aromatic rings. The second-order valence-corrected chi connectivity index (χ2v) is 7.70. The number of benzene rings is 2. The number of rotatable bonds is 8. The monoisotopic (exact) mass is 525 g/mol. The van der Waals surface area contributed by atoms with Crippen LogP contribution in [0.1, 0.15) is 27.7 Å². The van der Waals surface area contributed by atoms with E-state index in [1.165, 1.54) is 54.9 Å². The van der Waals surface area contributed by atoms with Gasteiger partial charge in [-0.1, -0.05) is 12.1 Å². The Morgan fingerprint density at radius 1 is 1.03 bits per heavy atom. The highest BCUT2D eigenvalue weighted by Crippen LogP contribution is 2.23. The molecule has 0 aliphatic rings. The lowest BCUT2D eigenvalue weighted by Gasteiger charge is -2.13. The van der Waals surface area contributed by atoms with Crippen LogP contribution in [0.25, 0.3) is 11.0 Å². The van der Waals surface area contributed by atoms with Gasteiger partial charge in [0.15, 0.2) is 0 Å². The summed E-state index contributed by atoms with van der Waals surface area (Å²) < 4.78 is 0. The summed E-state index contributed by atoms with van der Waals surface area (Å²) in [7, 11) is 0. The molecular formula is C24H15N9O6. The lowest BCUT2D eigenvalue weighted by molar-refractivity contribution is -0.509. The fourth-order valence-corrected chi connectivity index (χ4v) is 3.40. The first-order valence-electron chi connectivity index (χ1n) is 10.9. The van der Waals surface area contributed by atoms with Crippen LogP contribution in [0.4, 0.5) is 11.4 Å². The standard InChI is InChI=1S/C24H15N9O6/c25-12-15-3-1-2-4-17(15)29-24(35)21(30-31-23(34)14-7-9-26-10-8-14)22(33(38)39)20-13-27-18-6-5-16(32(36)37)11-19(18)28-20/h1-11,13,22H,(H,29,35)(H,31,34)/b30-21+/t22-/m0/s1. The minimum absolute atomic E-state index is 0.0380. The first kappa shape index (κ1) is 25.9. The Morgan fingerprint density at radius 2 is 1.77 bits per heavy atom. The lowest BCUT2D eigenvalue weighted by atomic mass is 10.1. The molecule has 0 radical (unpaired) electrons. The van der Waals surface area contributed by atoms with Gasteiger partial charge in [-0.2, -0.15) is 10.4 Å². The SMILES string of the molecule is N#Cc1ccccc1NC(=O)/C(=N/NC(=O)c1ccncc1)[C@H](c1cnc2ccc([N+](=O)[O-])cc2n1)[N+](=O)[O-]. The number of nitriles is 1. The second kappa shape index (κ2) is 11.3. The van der Waals surface area contributed by atoms with Crippen molar-refractivity contribution in [3.63, 3.8) is 0 Å². The van der Waals surface area contributed by atoms with E-state index in [0.29, 0.717) is 0 Å². The van der Waals surface area contributed by atoms with Gasteiger partial charge in [-0.3, -0.25) is 39.8 Å². The number of hydrogen-bond donors (Lipinski definition) is 2. The van der Waals surface area contributed by atoms with Crippen molar-refractivity contribution in [3.05, 3.63) is 110 Å². The Hall–Kier alpha value is -6.17. The predicted molar refractivity (Wildman–Crippen MR) is 135 cm³/mol. The molecule has 2 heterocycles. The number of non-ortho nitro benzene ring substituents is 1. The third-order valence-electron chi connectivity index (χ3n) is 5.25. The fraction of sp³-hybridized carbons (Fsp3) is 0.0417. The molecule has 39 heavy (non-hydrogen) atoms. The van der Waals surface area contributed by atoms with E-state index in [1.807, 2.05) is 6.07 Å². The van der Waals surface area contributed by atoms with Crippen molar-refractivity contribution in [2.75, 3.05) is 5.32 Å². The van der Waals surface area contributed by atoms with Gasteiger partial charge in [-0.05, 0) is 30.3 Å². The number of pyridine rings is 1. The maximum absolute atomic E-state index is 13.3. The highest BCUT2D eigenvalue weighted by molar-refractivity contribution is 6.44. The van der Waals surface area contributed by atoms with E-state index in [2.05, 4.69) is 30.8 Å². The Morgan fingerprint density at radius 3 is 2.46 bits per heavy atom. The minimum Gasteiger partial charge on any atom is -0.319 e. The molecule has 2 N–H and O–H groups in total. The number of hydrogen-bond acceptors (Lipinski definition) is 11. The number of carbonyl (C=O) groups is 2. The normalized spacial score (nSPS) is 11.7. The van der Waals surface area contributed by atoms with Crippen molar-refractivity contribution in [1.82, 2.24) is 20.4 Å². The van der Waals surface area contributed by atoms with E-state index >= 15 is 0 Å². The Bertz CT molecular complexity index is 1680. The summed E-state index contributed by atoms with van der Waals surface area (Å²) in [5.41, 5.74) is 1.01. The first-order chi connectivity index (χ1) is 18.8. The van der Waals surface area contributed by atoms with Crippen molar-refractivity contribution in [2.24, 2.45) is 5.10 Å². The van der Waals surface area contributed by atoms with Crippen LogP contribution in [-0.4, -0.2) is 42.3 Å². The number of nitrogens with one attached hydrogen (secondary N) is 2. The van der Waals surface area contributed by atoms with Crippen LogP contribution >= 0.6 is 0 Å². The highest BCUT2D eigenvalue weighted by atomic mass is 16.6. The molecule has 0 fully saturated rings. The van der Waals surface area contributed by atoms with Crippen molar-refractivity contribution >= 4 is 39.9 Å². The molecule has 192 valence electrons. The number of amides is 2. The van der Waals surface area contributed by atoms with Crippen LogP contribution in [0, 0.1) is 31.6 Å². The number of anilines is 1. The zero-order chi connectivity index (χ0) is 27.9. The van der Waals surface area contributed by atoms with Crippen LogP contribution < -0.4 is 10.7 Å². The molecule has 0 unspecified atom stereocenters. The van der Waals surface area contributed by atoms with Crippen LogP contribution in [0.2, 0.25) is 0 Å². The molecule has 2 aromatic carbocycles. The molecule has 2 amide bonds. The molecule has 15 heteroatoms. The number of nitrogens with zero attached hydrogens (tertiary/aromatic N) is 7. The van der Waals surface area contributed by atoms with Crippen LogP contribution in [0.3, 0.4) is 0 Å². The predicted octanol–water partition coefficient (Wildman–Crippen LogP) is 2.55. The topological polar surface area (TPSA) is 219 Å². The number of aromatic nitrogens is 3. The highest BCUT2D eigenvalue weighted by Gasteiger charge is 2.37. The fourth-order valence-electron chi connectivity index (χ4n) is 3.40. The molecule has 4 rings (SSSR count). The van der Waals surface area contributed by atoms with E-state index in [4.69, 9.17) is 0 Å². The molecule has 0 aliphatic heterocycles. The van der Waals surface area contributed by atoms with E-state index in [1.54, 1.807) is 6.07 Å². The van der Waals surface area contributed by atoms with Gasteiger partial charge in [0.2, 0.25) is 5.71 Å². The third kappa shape index (κ3) is 5.81. The zero-order valence-electron chi connectivity index (χ0n) is 19.6. The van der Waals surface area contributed by atoms with Crippen LogP contribution in [0.15, 0.2) is 78.3 Å². The van der Waals surface area contributed by atoms with Crippen molar-refractivity contribution in [1.29, 1.82) is 5.26 Å². The van der Waals surface area contributed by atoms with E-state index in [0.717, 1.165) is 12.3 Å². The maximum atomic E-state index is 13.3. The summed E-state index contributed by atoms with van der Waals surface area (Å²) in [5, 5.41) is 38.9. The molecule has 0 saturated heterocycles. The van der Waals surface area contributed by atoms with E-state index < -0.39 is 33.4 Å². The Kier molecular flexibility index (Phi) is 7.48. The smallest absolute Gasteiger partial charge is 0.304 e. The molecule has 0 spiro atoms. The van der Waals surface area contributed by atoms with Crippen molar-refractivity contribution in [2.45, 2.75) is 6.04 Å². The van der Waals surface area contributed by atoms with Gasteiger partial charge in [0, 0.05) is 35.0 Å². The third-order valence-corrected chi connectivity index (χ3v) is 5.25. The number of carbonyl (C=O) groups excluding carboxylic acids is 2. The van der Waals surface area contributed by atoms with E-state index in [9.17, 15) is 35.1 Å². The molecule has 15 nitrogen and oxygen atoms in total. The van der Waals surface area contributed by atoms with Crippen LogP contribution in [-0.2, 0) is 4.79 Å². The average molecular weight is 525 g/mol. The minimum atomic E-state index is -2.06. The van der Waals surface area contributed by atoms with Gasteiger partial charge in [-0.15, -0.1) is 0 Å². The van der Waals surface area contributed by atoms with Gasteiger partial charge >= 0.3 is 6.04 Å². The molecule has 1 atom stereocenters. The molecule has 0 saturated carbocycles. The second-order valence-electron chi connectivity index (χ2n) is 7.70. The number of hydrazone groups is 1. The van der Waals surface area contributed by atoms with Gasteiger partial charge < -0.3 is 5.32 Å². The van der Waals surface area contributed by atoms with Crippen LogP contribution in [0.5, 0.6) is 0 Å². The number of nitro benzene ring substituents is 1. The first-order valence-corrected chi connectivity index (χ1v) is 10.9. The molecule has 0 bridgehead atoms. The van der Waals surface area contributed by atoms with Gasteiger partial charge in [0.05, 0.1) is 33.4 Å². The summed E-state index contributed by atoms with van der Waals surface area (Å²) in [6, 6.07) is 12.1. The zero-order valence-corrected chi connectivity index (χ0v) is 19.6. The Labute approximate surface area is 218 Å². The van der Waals surface area contributed by atoms with Gasteiger partial charge in [-0.25, -0.2) is 10.4 Å². The van der Waals surface area contributed by atoms with Crippen molar-refractivity contribution < 1.29 is 19.4 Å². The van der Waals surface area contributed by atoms with Gasteiger partial charge in [0.1, 0.15) is 11.8 Å². The summed E-state index contributed by atoms with van der Waals surface area (Å²) in [4.78, 5) is 59.7. The summed E-state index contributed by atoms with van der Waals surface area (Å²) in [6.07, 6.45) is 3.71. The van der Waals surface area contributed by atoms with E-state index in [-0.39, 0.29) is 39.2 Å². The summed E-state index contributed by atoms with van der Waals surface area (Å²) in [5.74, 6) is -1.90. The molecular weight excluding hydrogens is 510 g/mol. The summed E-state index contributed by atoms with van der Waals surface area (Å²) in [6.45, 7) is 0.